The largest absolute Gasteiger partial charge is 0.493 e. The fraction of sp³-hybridized carbons (Fsp3) is 0.240. The highest BCUT2D eigenvalue weighted by atomic mass is 35.5. The van der Waals surface area contributed by atoms with Crippen LogP contribution in [-0.4, -0.2) is 46.9 Å². The van der Waals surface area contributed by atoms with Crippen LogP contribution in [0, 0.1) is 0 Å². The normalized spacial score (nSPS) is 12.1. The van der Waals surface area contributed by atoms with Crippen LogP contribution in [0.15, 0.2) is 65.6 Å². The monoisotopic (exact) mass is 553 g/mol. The molecule has 192 valence electrons. The minimum absolute atomic E-state index is 0.0228. The fourth-order valence-electron chi connectivity index (χ4n) is 3.56. The van der Waals surface area contributed by atoms with Gasteiger partial charge in [0, 0.05) is 27.2 Å². The Morgan fingerprint density at radius 1 is 0.972 bits per heavy atom. The zero-order chi connectivity index (χ0) is 26.5. The summed E-state index contributed by atoms with van der Waals surface area (Å²) < 4.78 is 44.1. The Bertz CT molecular complexity index is 1350. The predicted molar refractivity (Wildman–Crippen MR) is 138 cm³/mol. The zero-order valence-corrected chi connectivity index (χ0v) is 22.1. The molecule has 3 rings (SSSR count). The Morgan fingerprint density at radius 2 is 1.67 bits per heavy atom. The molecule has 0 amide bonds. The van der Waals surface area contributed by atoms with Crippen molar-refractivity contribution in [3.8, 4) is 11.5 Å². The molecule has 8 nitrogen and oxygen atoms in total. The van der Waals surface area contributed by atoms with Crippen LogP contribution in [0.4, 0.5) is 5.69 Å². The number of carbonyl (C=O) groups excluding carboxylic acids is 1. The lowest BCUT2D eigenvalue weighted by Gasteiger charge is -2.28. The molecule has 0 bridgehead atoms. The lowest BCUT2D eigenvalue weighted by atomic mass is 9.99. The molecule has 0 fully saturated rings. The van der Waals surface area contributed by atoms with Crippen molar-refractivity contribution in [1.29, 1.82) is 0 Å². The van der Waals surface area contributed by atoms with Gasteiger partial charge in [0.05, 0.1) is 31.4 Å². The fourth-order valence-corrected chi connectivity index (χ4v) is 5.43. The first-order chi connectivity index (χ1) is 17.1. The van der Waals surface area contributed by atoms with Crippen LogP contribution in [0.1, 0.15) is 24.2 Å². The van der Waals surface area contributed by atoms with Crippen LogP contribution in [-0.2, 0) is 19.6 Å². The number of methoxy groups -OCH3 is 2. The second kappa shape index (κ2) is 11.8. The van der Waals surface area contributed by atoms with Gasteiger partial charge in [0.2, 0.25) is 0 Å². The average molecular weight is 554 g/mol. The van der Waals surface area contributed by atoms with E-state index in [9.17, 15) is 18.3 Å². The maximum atomic E-state index is 13.9. The molecule has 1 N–H and O–H groups in total. The van der Waals surface area contributed by atoms with Crippen LogP contribution >= 0.6 is 23.2 Å². The van der Waals surface area contributed by atoms with Crippen LogP contribution in [0.5, 0.6) is 11.5 Å². The van der Waals surface area contributed by atoms with Crippen molar-refractivity contribution in [3.63, 3.8) is 0 Å². The number of rotatable bonds is 10. The number of halogens is 2. The van der Waals surface area contributed by atoms with Crippen molar-refractivity contribution in [1.82, 2.24) is 0 Å². The molecule has 0 heterocycles. The second-order valence-corrected chi connectivity index (χ2v) is 10.2. The van der Waals surface area contributed by atoms with E-state index in [0.29, 0.717) is 11.3 Å². The Labute approximate surface area is 220 Å². The summed E-state index contributed by atoms with van der Waals surface area (Å²) in [7, 11) is -1.57. The first-order valence-electron chi connectivity index (χ1n) is 10.8. The van der Waals surface area contributed by atoms with Crippen molar-refractivity contribution in [2.45, 2.75) is 17.9 Å². The number of esters is 1. The molecular weight excluding hydrogens is 529 g/mol. The van der Waals surface area contributed by atoms with Gasteiger partial charge in [-0.15, -0.1) is 0 Å². The van der Waals surface area contributed by atoms with Crippen LogP contribution < -0.4 is 13.8 Å². The number of benzene rings is 3. The third-order valence-electron chi connectivity index (χ3n) is 5.27. The molecule has 0 spiro atoms. The van der Waals surface area contributed by atoms with E-state index in [1.165, 1.54) is 50.6 Å². The summed E-state index contributed by atoms with van der Waals surface area (Å²) in [5.41, 5.74) is 0.487. The minimum Gasteiger partial charge on any atom is -0.493 e. The van der Waals surface area contributed by atoms with Crippen molar-refractivity contribution in [2.75, 3.05) is 31.7 Å². The minimum atomic E-state index is -4.38. The number of ether oxygens (including phenoxy) is 3. The summed E-state index contributed by atoms with van der Waals surface area (Å²) in [6, 6.07) is 14.9. The second-order valence-electron chi connectivity index (χ2n) is 7.46. The van der Waals surface area contributed by atoms with Crippen LogP contribution in [0.25, 0.3) is 0 Å². The van der Waals surface area contributed by atoms with E-state index in [-0.39, 0.29) is 38.5 Å². The van der Waals surface area contributed by atoms with Gasteiger partial charge >= 0.3 is 5.97 Å². The number of carbonyl (C=O) groups is 1. The number of aliphatic hydroxyl groups excluding tert-OH is 1. The molecule has 1 unspecified atom stereocenters. The number of hydrogen-bond donors (Lipinski definition) is 1. The molecule has 1 atom stereocenters. The molecule has 0 radical (unpaired) electrons. The average Bonchev–Trinajstić information content (AvgIpc) is 2.87. The third kappa shape index (κ3) is 5.87. The van der Waals surface area contributed by atoms with Crippen LogP contribution in [0.2, 0.25) is 10.0 Å². The summed E-state index contributed by atoms with van der Waals surface area (Å²) in [5.74, 6) is -0.272. The molecule has 0 aromatic heterocycles. The van der Waals surface area contributed by atoms with E-state index >= 15 is 0 Å². The highest BCUT2D eigenvalue weighted by Crippen LogP contribution is 2.38. The first-order valence-corrected chi connectivity index (χ1v) is 13.0. The van der Waals surface area contributed by atoms with E-state index in [1.54, 1.807) is 31.2 Å². The smallest absolute Gasteiger partial charge is 0.326 e. The highest BCUT2D eigenvalue weighted by Gasteiger charge is 2.32. The summed E-state index contributed by atoms with van der Waals surface area (Å²) in [5, 5.41) is 11.8. The Balaban J connectivity index is 2.22. The van der Waals surface area contributed by atoms with E-state index in [0.717, 1.165) is 4.31 Å². The number of aliphatic hydroxyl groups is 1. The van der Waals surface area contributed by atoms with E-state index in [1.807, 2.05) is 0 Å². The van der Waals surface area contributed by atoms with Crippen molar-refractivity contribution < 1.29 is 32.5 Å². The number of nitrogens with zero attached hydrogens (tertiary/aromatic N) is 1. The van der Waals surface area contributed by atoms with Gasteiger partial charge in [0.25, 0.3) is 10.0 Å². The quantitative estimate of drug-likeness (QED) is 0.358. The highest BCUT2D eigenvalue weighted by molar-refractivity contribution is 7.92. The van der Waals surface area contributed by atoms with Crippen molar-refractivity contribution >= 4 is 44.9 Å². The molecule has 0 aliphatic rings. The van der Waals surface area contributed by atoms with E-state index in [4.69, 9.17) is 37.4 Å². The van der Waals surface area contributed by atoms with Crippen molar-refractivity contribution in [3.05, 3.63) is 81.8 Å². The van der Waals surface area contributed by atoms with Gasteiger partial charge in [-0.1, -0.05) is 41.4 Å². The van der Waals surface area contributed by atoms with Gasteiger partial charge in [-0.05, 0) is 43.3 Å². The molecule has 3 aromatic rings. The molecule has 0 aliphatic carbocycles. The van der Waals surface area contributed by atoms with Gasteiger partial charge in [-0.2, -0.15) is 0 Å². The molecule has 0 saturated heterocycles. The first kappa shape index (κ1) is 27.6. The zero-order valence-electron chi connectivity index (χ0n) is 19.8. The number of sulfonamides is 1. The van der Waals surface area contributed by atoms with Gasteiger partial charge in [0.15, 0.2) is 11.5 Å². The van der Waals surface area contributed by atoms with Gasteiger partial charge < -0.3 is 19.3 Å². The van der Waals surface area contributed by atoms with Gasteiger partial charge in [-0.25, -0.2) is 8.42 Å². The molecular formula is C25H25Cl2NO7S. The maximum Gasteiger partial charge on any atom is 0.326 e. The molecule has 0 saturated carbocycles. The summed E-state index contributed by atoms with van der Waals surface area (Å²) in [4.78, 5) is 12.3. The SMILES string of the molecule is CCOC(=O)CN(c1ccc(Cl)cc1C(O)c1ccccc1Cl)S(=O)(=O)c1ccc(OC)c(OC)c1. The molecule has 11 heteroatoms. The third-order valence-corrected chi connectivity index (χ3v) is 7.61. The predicted octanol–water partition coefficient (Wildman–Crippen LogP) is 4.85. The standard InChI is InChI=1S/C25H25Cl2NO7S/c1-4-35-24(29)15-28(36(31,32)17-10-12-22(33-2)23(14-17)34-3)21-11-9-16(26)13-19(21)25(30)18-7-5-6-8-20(18)27/h5-14,25,30H,4,15H2,1-3H3. The topological polar surface area (TPSA) is 102 Å². The lowest BCUT2D eigenvalue weighted by molar-refractivity contribution is -0.141. The van der Waals surface area contributed by atoms with E-state index < -0.39 is 28.6 Å². The maximum absolute atomic E-state index is 13.9. The van der Waals surface area contributed by atoms with Crippen LogP contribution in [0.3, 0.4) is 0 Å². The van der Waals surface area contributed by atoms with Crippen molar-refractivity contribution in [2.24, 2.45) is 0 Å². The lowest BCUT2D eigenvalue weighted by Crippen LogP contribution is -2.37. The summed E-state index contributed by atoms with van der Waals surface area (Å²) >= 11 is 12.5. The van der Waals surface area contributed by atoms with Gasteiger partial charge in [-0.3, -0.25) is 9.10 Å². The molecule has 0 aliphatic heterocycles. The summed E-state index contributed by atoms with van der Waals surface area (Å²) in [6.45, 7) is 1.01. The summed E-state index contributed by atoms with van der Waals surface area (Å²) in [6.07, 6.45) is -1.35. The Morgan fingerprint density at radius 3 is 2.31 bits per heavy atom. The molecule has 3 aromatic carbocycles. The Hall–Kier alpha value is -2.98. The van der Waals surface area contributed by atoms with Gasteiger partial charge in [0.1, 0.15) is 12.6 Å². The number of anilines is 1. The Kier molecular flexibility index (Phi) is 9.08. The number of hydrogen-bond acceptors (Lipinski definition) is 7. The van der Waals surface area contributed by atoms with E-state index in [2.05, 4.69) is 0 Å². The molecule has 36 heavy (non-hydrogen) atoms.